The van der Waals surface area contributed by atoms with E-state index in [4.69, 9.17) is 9.15 Å². The van der Waals surface area contributed by atoms with Gasteiger partial charge in [0.05, 0.1) is 17.7 Å². The zero-order valence-electron chi connectivity index (χ0n) is 18.7. The Kier molecular flexibility index (Phi) is 8.78. The molecule has 2 aromatic carbocycles. The van der Waals surface area contributed by atoms with Gasteiger partial charge in [-0.15, -0.1) is 0 Å². The number of carbonyl (C=O) groups is 2. The first-order valence-electron chi connectivity index (χ1n) is 10.7. The molecule has 0 radical (unpaired) electrons. The van der Waals surface area contributed by atoms with Crippen molar-refractivity contribution in [3.8, 4) is 0 Å². The summed E-state index contributed by atoms with van der Waals surface area (Å²) in [5, 5.41) is 0. The van der Waals surface area contributed by atoms with Crippen LogP contribution >= 0.6 is 0 Å². The second-order valence-electron chi connectivity index (χ2n) is 7.31. The average Bonchev–Trinajstić information content (AvgIpc) is 3.38. The van der Waals surface area contributed by atoms with Crippen LogP contribution in [0, 0.1) is 0 Å². The molecule has 9 heteroatoms. The van der Waals surface area contributed by atoms with Gasteiger partial charge in [0.15, 0.2) is 6.61 Å². The van der Waals surface area contributed by atoms with Crippen molar-refractivity contribution in [3.05, 3.63) is 96.0 Å². The molecule has 0 aliphatic heterocycles. The molecule has 8 nitrogen and oxygen atoms in total. The topological polar surface area (TPSA) is 106 Å². The SMILES string of the molecule is CCN(Cc1ccccc1)C(=O)COC(=O)/C=C/c1ccc(S(=O)(=O)NCc2ccco2)cc1. The standard InChI is InChI=1S/C25H26N2O6S/c1-2-27(18-21-7-4-3-5-8-21)24(28)19-33-25(29)15-12-20-10-13-23(14-11-20)34(30,31)26-17-22-9-6-16-32-22/h3-16,26H,2,17-19H2,1H3/b15-12+. The fourth-order valence-corrected chi connectivity index (χ4v) is 4.03. The van der Waals surface area contributed by atoms with Gasteiger partial charge in [0, 0.05) is 19.2 Å². The minimum atomic E-state index is -3.70. The zero-order valence-corrected chi connectivity index (χ0v) is 19.5. The summed E-state index contributed by atoms with van der Waals surface area (Å²) < 4.78 is 37.4. The van der Waals surface area contributed by atoms with Crippen LogP contribution in [0.15, 0.2) is 88.4 Å². The van der Waals surface area contributed by atoms with E-state index < -0.39 is 16.0 Å². The molecule has 0 saturated carbocycles. The fraction of sp³-hybridized carbons (Fsp3) is 0.200. The van der Waals surface area contributed by atoms with Crippen molar-refractivity contribution in [1.82, 2.24) is 9.62 Å². The fourth-order valence-electron chi connectivity index (χ4n) is 3.04. The van der Waals surface area contributed by atoms with E-state index >= 15 is 0 Å². The molecule has 0 unspecified atom stereocenters. The lowest BCUT2D eigenvalue weighted by molar-refractivity contribution is -0.148. The van der Waals surface area contributed by atoms with Gasteiger partial charge in [0.2, 0.25) is 10.0 Å². The molecular weight excluding hydrogens is 456 g/mol. The second-order valence-corrected chi connectivity index (χ2v) is 9.07. The van der Waals surface area contributed by atoms with E-state index in [-0.39, 0.29) is 24.0 Å². The maximum absolute atomic E-state index is 12.4. The third-order valence-corrected chi connectivity index (χ3v) is 6.32. The first-order chi connectivity index (χ1) is 16.4. The number of nitrogens with zero attached hydrogens (tertiary/aromatic N) is 1. The number of hydrogen-bond donors (Lipinski definition) is 1. The van der Waals surface area contributed by atoms with Crippen LogP contribution in [0.5, 0.6) is 0 Å². The Hall–Kier alpha value is -3.69. The number of likely N-dealkylation sites (N-methyl/N-ethyl adjacent to an activating group) is 1. The number of benzene rings is 2. The first kappa shape index (κ1) is 24.9. The predicted octanol–water partition coefficient (Wildman–Crippen LogP) is 3.36. The molecule has 0 aliphatic carbocycles. The minimum Gasteiger partial charge on any atom is -0.468 e. The summed E-state index contributed by atoms with van der Waals surface area (Å²) in [4.78, 5) is 26.1. The van der Waals surface area contributed by atoms with E-state index in [0.29, 0.717) is 24.4 Å². The molecule has 1 aromatic heterocycles. The number of furan rings is 1. The monoisotopic (exact) mass is 482 g/mol. The van der Waals surface area contributed by atoms with E-state index in [2.05, 4.69) is 4.72 Å². The van der Waals surface area contributed by atoms with Crippen LogP contribution < -0.4 is 4.72 Å². The van der Waals surface area contributed by atoms with E-state index in [1.807, 2.05) is 37.3 Å². The highest BCUT2D eigenvalue weighted by Gasteiger charge is 2.15. The Morgan fingerprint density at radius 3 is 2.41 bits per heavy atom. The van der Waals surface area contributed by atoms with Crippen molar-refractivity contribution >= 4 is 28.0 Å². The quantitative estimate of drug-likeness (QED) is 0.332. The summed E-state index contributed by atoms with van der Waals surface area (Å²) in [7, 11) is -3.70. The van der Waals surface area contributed by atoms with Crippen molar-refractivity contribution < 1.29 is 27.2 Å². The van der Waals surface area contributed by atoms with Crippen molar-refractivity contribution in [1.29, 1.82) is 0 Å². The summed E-state index contributed by atoms with van der Waals surface area (Å²) in [6.07, 6.45) is 4.15. The third-order valence-electron chi connectivity index (χ3n) is 4.91. The lowest BCUT2D eigenvalue weighted by Crippen LogP contribution is -2.33. The highest BCUT2D eigenvalue weighted by molar-refractivity contribution is 7.89. The molecule has 34 heavy (non-hydrogen) atoms. The third kappa shape index (κ3) is 7.43. The van der Waals surface area contributed by atoms with Crippen LogP contribution in [-0.4, -0.2) is 38.3 Å². The molecule has 0 atom stereocenters. The van der Waals surface area contributed by atoms with Crippen LogP contribution in [0.3, 0.4) is 0 Å². The Bertz CT molecular complexity index is 1200. The van der Waals surface area contributed by atoms with Gasteiger partial charge in [-0.25, -0.2) is 17.9 Å². The summed E-state index contributed by atoms with van der Waals surface area (Å²) in [5.41, 5.74) is 1.60. The number of esters is 1. The van der Waals surface area contributed by atoms with Gasteiger partial charge >= 0.3 is 5.97 Å². The maximum Gasteiger partial charge on any atom is 0.331 e. The number of sulfonamides is 1. The van der Waals surface area contributed by atoms with Gasteiger partial charge in [0.1, 0.15) is 5.76 Å². The van der Waals surface area contributed by atoms with Crippen molar-refractivity contribution in [2.45, 2.75) is 24.9 Å². The van der Waals surface area contributed by atoms with Crippen molar-refractivity contribution in [3.63, 3.8) is 0 Å². The summed E-state index contributed by atoms with van der Waals surface area (Å²) in [6.45, 7) is 2.48. The largest absolute Gasteiger partial charge is 0.468 e. The van der Waals surface area contributed by atoms with E-state index in [0.717, 1.165) is 5.56 Å². The molecule has 1 heterocycles. The second kappa shape index (κ2) is 12.0. The summed E-state index contributed by atoms with van der Waals surface area (Å²) in [6, 6.07) is 18.9. The molecule has 0 aliphatic rings. The lowest BCUT2D eigenvalue weighted by Gasteiger charge is -2.20. The minimum absolute atomic E-state index is 0.0440. The molecule has 3 rings (SSSR count). The Labute approximate surface area is 198 Å². The van der Waals surface area contributed by atoms with Gasteiger partial charge in [0.25, 0.3) is 5.91 Å². The average molecular weight is 483 g/mol. The Morgan fingerprint density at radius 1 is 1.03 bits per heavy atom. The molecular formula is C25H26N2O6S. The van der Waals surface area contributed by atoms with E-state index in [1.54, 1.807) is 29.2 Å². The highest BCUT2D eigenvalue weighted by Crippen LogP contribution is 2.13. The van der Waals surface area contributed by atoms with Gasteiger partial charge in [-0.3, -0.25) is 4.79 Å². The van der Waals surface area contributed by atoms with Crippen LogP contribution in [-0.2, 0) is 37.4 Å². The molecule has 1 N–H and O–H groups in total. The van der Waals surface area contributed by atoms with E-state index in [9.17, 15) is 18.0 Å². The normalized spacial score (nSPS) is 11.4. The van der Waals surface area contributed by atoms with Gasteiger partial charge in [-0.2, -0.15) is 0 Å². The molecule has 1 amide bonds. The summed E-state index contributed by atoms with van der Waals surface area (Å²) >= 11 is 0. The van der Waals surface area contributed by atoms with Gasteiger partial charge < -0.3 is 14.1 Å². The van der Waals surface area contributed by atoms with Crippen LogP contribution in [0.25, 0.3) is 6.08 Å². The first-order valence-corrected chi connectivity index (χ1v) is 12.1. The molecule has 0 bridgehead atoms. The van der Waals surface area contributed by atoms with Gasteiger partial charge in [-0.1, -0.05) is 42.5 Å². The number of amides is 1. The number of carbonyl (C=O) groups excluding carboxylic acids is 2. The predicted molar refractivity (Wildman–Crippen MR) is 127 cm³/mol. The number of hydrogen-bond acceptors (Lipinski definition) is 6. The maximum atomic E-state index is 12.4. The Balaban J connectivity index is 1.48. The lowest BCUT2D eigenvalue weighted by atomic mass is 10.2. The molecule has 0 spiro atoms. The number of rotatable bonds is 11. The molecule has 0 fully saturated rings. The van der Waals surface area contributed by atoms with Crippen molar-refractivity contribution in [2.75, 3.05) is 13.2 Å². The zero-order chi connectivity index (χ0) is 24.4. The summed E-state index contributed by atoms with van der Waals surface area (Å²) in [5.74, 6) is -0.451. The Morgan fingerprint density at radius 2 is 1.76 bits per heavy atom. The molecule has 3 aromatic rings. The van der Waals surface area contributed by atoms with Crippen LogP contribution in [0.2, 0.25) is 0 Å². The van der Waals surface area contributed by atoms with Crippen molar-refractivity contribution in [2.24, 2.45) is 0 Å². The molecule has 178 valence electrons. The number of ether oxygens (including phenoxy) is 1. The highest BCUT2D eigenvalue weighted by atomic mass is 32.2. The number of nitrogens with one attached hydrogen (secondary N) is 1. The molecule has 0 saturated heterocycles. The van der Waals surface area contributed by atoms with Crippen LogP contribution in [0.1, 0.15) is 23.8 Å². The smallest absolute Gasteiger partial charge is 0.331 e. The van der Waals surface area contributed by atoms with Gasteiger partial charge in [-0.05, 0) is 48.4 Å². The van der Waals surface area contributed by atoms with Crippen LogP contribution in [0.4, 0.5) is 0 Å². The van der Waals surface area contributed by atoms with E-state index in [1.165, 1.54) is 30.5 Å².